The van der Waals surface area contributed by atoms with E-state index in [1.54, 1.807) is 25.6 Å². The number of ether oxygens (including phenoxy) is 1. The van der Waals surface area contributed by atoms with Crippen LogP contribution in [0.15, 0.2) is 71.5 Å². The van der Waals surface area contributed by atoms with E-state index in [4.69, 9.17) is 9.84 Å². The fourth-order valence-electron chi connectivity index (χ4n) is 7.18. The summed E-state index contributed by atoms with van der Waals surface area (Å²) in [6, 6.07) is 21.4. The number of H-pyrrole nitrogens is 1. The highest BCUT2D eigenvalue weighted by Gasteiger charge is 2.54. The second-order valence-corrected chi connectivity index (χ2v) is 12.9. The number of amides is 1. The van der Waals surface area contributed by atoms with Crippen molar-refractivity contribution in [1.29, 1.82) is 0 Å². The summed E-state index contributed by atoms with van der Waals surface area (Å²) in [4.78, 5) is 25.8. The average Bonchev–Trinajstić information content (AvgIpc) is 3.30. The summed E-state index contributed by atoms with van der Waals surface area (Å²) in [5.41, 5.74) is 3.02. The number of nitrogens with one attached hydrogen (secondary N) is 2. The van der Waals surface area contributed by atoms with Gasteiger partial charge in [0.15, 0.2) is 5.69 Å². The number of methoxy groups -OCH3 is 1. The minimum absolute atomic E-state index is 0.0797. The van der Waals surface area contributed by atoms with Gasteiger partial charge in [-0.3, -0.25) is 14.3 Å². The van der Waals surface area contributed by atoms with Gasteiger partial charge >= 0.3 is 0 Å². The van der Waals surface area contributed by atoms with Gasteiger partial charge in [0.05, 0.1) is 35.9 Å². The standard InChI is InChI=1S/C34H35N5O4/c1-33(2,42)19-39-27-14-20(23-8-6-7-11-28(23)43-3)12-13-26(27)30(38-39)32(41)35-22-17-34(18-22)15-21(16-34)29-24-9-4-5-10-25(24)31(40)37-36-29/h4-14,21-22,42H,15-19H2,1-3H3,(H,35,41)(H,37,40). The molecule has 0 saturated heterocycles. The summed E-state index contributed by atoms with van der Waals surface area (Å²) in [5, 5.41) is 27.9. The van der Waals surface area contributed by atoms with Crippen LogP contribution in [0.5, 0.6) is 5.75 Å². The Morgan fingerprint density at radius 1 is 1.05 bits per heavy atom. The van der Waals surface area contributed by atoms with E-state index in [-0.39, 0.29) is 29.5 Å². The van der Waals surface area contributed by atoms with Crippen LogP contribution in [0.25, 0.3) is 32.8 Å². The lowest BCUT2D eigenvalue weighted by atomic mass is 9.49. The molecule has 43 heavy (non-hydrogen) atoms. The van der Waals surface area contributed by atoms with Crippen LogP contribution in [0.2, 0.25) is 0 Å². The van der Waals surface area contributed by atoms with Crippen LogP contribution >= 0.6 is 0 Å². The molecule has 1 amide bonds. The Morgan fingerprint density at radius 2 is 1.77 bits per heavy atom. The number of hydrogen-bond donors (Lipinski definition) is 3. The zero-order chi connectivity index (χ0) is 29.9. The molecule has 3 aromatic carbocycles. The molecule has 2 saturated carbocycles. The third kappa shape index (κ3) is 4.87. The first kappa shape index (κ1) is 27.3. The number of fused-ring (bicyclic) bond motifs is 2. The van der Waals surface area contributed by atoms with Crippen LogP contribution in [0, 0.1) is 5.41 Å². The Labute approximate surface area is 248 Å². The second kappa shape index (κ2) is 10.1. The predicted octanol–water partition coefficient (Wildman–Crippen LogP) is 5.18. The number of hydrogen-bond acceptors (Lipinski definition) is 6. The maximum Gasteiger partial charge on any atom is 0.272 e. The molecule has 1 spiro atoms. The number of aliphatic hydroxyl groups is 1. The Balaban J connectivity index is 1.08. The van der Waals surface area contributed by atoms with E-state index >= 15 is 0 Å². The number of rotatable bonds is 7. The molecule has 0 radical (unpaired) electrons. The highest BCUT2D eigenvalue weighted by molar-refractivity contribution is 6.06. The first-order chi connectivity index (χ1) is 20.6. The van der Waals surface area contributed by atoms with E-state index < -0.39 is 5.60 Å². The molecule has 2 aromatic heterocycles. The fourth-order valence-corrected chi connectivity index (χ4v) is 7.18. The third-order valence-electron chi connectivity index (χ3n) is 9.09. The fraction of sp³-hybridized carbons (Fsp3) is 0.353. The van der Waals surface area contributed by atoms with Crippen molar-refractivity contribution in [3.8, 4) is 16.9 Å². The largest absolute Gasteiger partial charge is 0.496 e. The molecule has 5 aromatic rings. The second-order valence-electron chi connectivity index (χ2n) is 12.9. The lowest BCUT2D eigenvalue weighted by Gasteiger charge is -2.57. The highest BCUT2D eigenvalue weighted by Crippen LogP contribution is 2.62. The molecule has 7 rings (SSSR count). The van der Waals surface area contributed by atoms with E-state index in [0.717, 1.165) is 64.5 Å². The molecule has 9 heteroatoms. The van der Waals surface area contributed by atoms with Gasteiger partial charge in [0.2, 0.25) is 0 Å². The normalized spacial score (nSPS) is 21.5. The molecule has 0 bridgehead atoms. The van der Waals surface area contributed by atoms with Crippen molar-refractivity contribution in [2.45, 2.75) is 63.6 Å². The molecule has 220 valence electrons. The number of aromatic amines is 1. The minimum Gasteiger partial charge on any atom is -0.496 e. The summed E-state index contributed by atoms with van der Waals surface area (Å²) in [6.07, 6.45) is 3.82. The summed E-state index contributed by atoms with van der Waals surface area (Å²) in [7, 11) is 1.65. The van der Waals surface area contributed by atoms with Gasteiger partial charge in [-0.1, -0.05) is 42.5 Å². The SMILES string of the molecule is COc1ccccc1-c1ccc2c(C(=O)NC3CC4(C3)CC(c3n[nH]c(=O)c5ccccc35)C4)nn(CC(C)(C)O)c2c1. The third-order valence-corrected chi connectivity index (χ3v) is 9.09. The molecule has 9 nitrogen and oxygen atoms in total. The molecule has 2 heterocycles. The van der Waals surface area contributed by atoms with Gasteiger partial charge in [0, 0.05) is 28.3 Å². The van der Waals surface area contributed by atoms with E-state index in [1.165, 1.54) is 0 Å². The monoisotopic (exact) mass is 577 g/mol. The van der Waals surface area contributed by atoms with Gasteiger partial charge in [0.25, 0.3) is 11.5 Å². The van der Waals surface area contributed by atoms with Crippen molar-refractivity contribution in [3.05, 3.63) is 88.5 Å². The van der Waals surface area contributed by atoms with Gasteiger partial charge in [0.1, 0.15) is 5.75 Å². The van der Waals surface area contributed by atoms with E-state index in [9.17, 15) is 14.7 Å². The maximum absolute atomic E-state index is 13.6. The smallest absolute Gasteiger partial charge is 0.272 e. The van der Waals surface area contributed by atoms with Crippen LogP contribution in [0.1, 0.15) is 61.6 Å². The van der Waals surface area contributed by atoms with Crippen molar-refractivity contribution in [2.75, 3.05) is 7.11 Å². The van der Waals surface area contributed by atoms with E-state index in [0.29, 0.717) is 17.0 Å². The molecule has 2 aliphatic rings. The predicted molar refractivity (Wildman–Crippen MR) is 165 cm³/mol. The number of aromatic nitrogens is 4. The van der Waals surface area contributed by atoms with Crippen molar-refractivity contribution in [3.63, 3.8) is 0 Å². The van der Waals surface area contributed by atoms with Crippen LogP contribution in [-0.4, -0.2) is 49.7 Å². The van der Waals surface area contributed by atoms with Gasteiger partial charge in [-0.05, 0) is 74.8 Å². The lowest BCUT2D eigenvalue weighted by Crippen LogP contribution is -2.55. The lowest BCUT2D eigenvalue weighted by molar-refractivity contribution is -0.0197. The first-order valence-corrected chi connectivity index (χ1v) is 14.8. The van der Waals surface area contributed by atoms with Crippen molar-refractivity contribution in [1.82, 2.24) is 25.3 Å². The van der Waals surface area contributed by atoms with Gasteiger partial charge in [-0.15, -0.1) is 0 Å². The summed E-state index contributed by atoms with van der Waals surface area (Å²) < 4.78 is 7.30. The van der Waals surface area contributed by atoms with Crippen molar-refractivity contribution < 1.29 is 14.6 Å². The molecular formula is C34H35N5O4. The Hall–Kier alpha value is -4.50. The highest BCUT2D eigenvalue weighted by atomic mass is 16.5. The van der Waals surface area contributed by atoms with Crippen LogP contribution in [0.3, 0.4) is 0 Å². The van der Waals surface area contributed by atoms with Gasteiger partial charge < -0.3 is 15.2 Å². The van der Waals surface area contributed by atoms with Crippen LogP contribution < -0.4 is 15.6 Å². The number of para-hydroxylation sites is 1. The van der Waals surface area contributed by atoms with Crippen LogP contribution in [-0.2, 0) is 6.54 Å². The van der Waals surface area contributed by atoms with E-state index in [1.807, 2.05) is 66.7 Å². The molecule has 3 N–H and O–H groups in total. The van der Waals surface area contributed by atoms with Crippen LogP contribution in [0.4, 0.5) is 0 Å². The Bertz CT molecular complexity index is 1920. The zero-order valence-electron chi connectivity index (χ0n) is 24.6. The molecule has 0 aliphatic heterocycles. The Morgan fingerprint density at radius 3 is 2.51 bits per heavy atom. The van der Waals surface area contributed by atoms with Gasteiger partial charge in [-0.25, -0.2) is 5.10 Å². The average molecular weight is 578 g/mol. The number of carbonyl (C=O) groups is 1. The quantitative estimate of drug-likeness (QED) is 0.245. The van der Waals surface area contributed by atoms with Crippen molar-refractivity contribution >= 4 is 27.6 Å². The van der Waals surface area contributed by atoms with Crippen molar-refractivity contribution in [2.24, 2.45) is 5.41 Å². The Kier molecular flexibility index (Phi) is 6.39. The number of benzene rings is 3. The summed E-state index contributed by atoms with van der Waals surface area (Å²) in [5.74, 6) is 0.862. The molecular weight excluding hydrogens is 542 g/mol. The maximum atomic E-state index is 13.6. The first-order valence-electron chi connectivity index (χ1n) is 14.8. The summed E-state index contributed by atoms with van der Waals surface area (Å²) >= 11 is 0. The molecule has 0 atom stereocenters. The topological polar surface area (TPSA) is 122 Å². The summed E-state index contributed by atoms with van der Waals surface area (Å²) in [6.45, 7) is 3.71. The molecule has 2 fully saturated rings. The zero-order valence-corrected chi connectivity index (χ0v) is 24.6. The number of nitrogens with zero attached hydrogens (tertiary/aromatic N) is 3. The minimum atomic E-state index is -1.01. The molecule has 2 aliphatic carbocycles. The molecule has 0 unspecified atom stereocenters. The van der Waals surface area contributed by atoms with E-state index in [2.05, 4.69) is 15.5 Å². The van der Waals surface area contributed by atoms with Gasteiger partial charge in [-0.2, -0.15) is 10.2 Å². The number of carbonyl (C=O) groups excluding carboxylic acids is 1.